The van der Waals surface area contributed by atoms with Gasteiger partial charge >= 0.3 is 0 Å². The summed E-state index contributed by atoms with van der Waals surface area (Å²) in [4.78, 5) is 35.5. The van der Waals surface area contributed by atoms with Crippen LogP contribution in [0.1, 0.15) is 20.7 Å². The number of hydrogen-bond acceptors (Lipinski definition) is 5. The molecular formula is C21H15BrN2O4S. The Morgan fingerprint density at radius 3 is 2.07 bits per heavy atom. The van der Waals surface area contributed by atoms with Crippen molar-refractivity contribution in [2.24, 2.45) is 0 Å². The molecule has 0 aliphatic rings. The zero-order chi connectivity index (χ0) is 20.8. The van der Waals surface area contributed by atoms with Crippen LogP contribution in [0.15, 0.2) is 82.2 Å². The summed E-state index contributed by atoms with van der Waals surface area (Å²) in [6, 6.07) is 19.8. The Kier molecular flexibility index (Phi) is 6.79. The fourth-order valence-electron chi connectivity index (χ4n) is 2.44. The molecule has 3 aromatic carbocycles. The molecule has 1 amide bonds. The number of halogens is 1. The minimum atomic E-state index is -0.514. The van der Waals surface area contributed by atoms with E-state index in [0.29, 0.717) is 22.6 Å². The Morgan fingerprint density at radius 1 is 0.897 bits per heavy atom. The smallest absolute Gasteiger partial charge is 0.269 e. The minimum Gasteiger partial charge on any atom is -0.322 e. The molecule has 0 aliphatic carbocycles. The summed E-state index contributed by atoms with van der Waals surface area (Å²) in [7, 11) is 0. The molecule has 3 rings (SSSR count). The molecule has 29 heavy (non-hydrogen) atoms. The zero-order valence-corrected chi connectivity index (χ0v) is 17.4. The Hall–Kier alpha value is -2.97. The van der Waals surface area contributed by atoms with E-state index in [0.717, 1.165) is 9.37 Å². The summed E-state index contributed by atoms with van der Waals surface area (Å²) in [5.74, 6) is -0.000348. The molecule has 0 heterocycles. The van der Waals surface area contributed by atoms with Crippen LogP contribution in [0.5, 0.6) is 0 Å². The summed E-state index contributed by atoms with van der Waals surface area (Å²) in [5.41, 5.74) is 1.51. The predicted octanol–water partition coefficient (Wildman–Crippen LogP) is 5.58. The van der Waals surface area contributed by atoms with Crippen LogP contribution in [-0.2, 0) is 0 Å². The molecule has 0 bridgehead atoms. The Morgan fingerprint density at radius 2 is 1.48 bits per heavy atom. The number of nitro benzene ring substituents is 1. The SMILES string of the molecule is O=C(CSc1ccc(NC(=O)c2ccc([N+](=O)[O-])cc2)cc1)c1ccc(Br)cc1. The maximum atomic E-state index is 12.2. The van der Waals surface area contributed by atoms with Crippen LogP contribution in [0.2, 0.25) is 0 Å². The molecule has 0 radical (unpaired) electrons. The van der Waals surface area contributed by atoms with Gasteiger partial charge in [-0.05, 0) is 48.5 Å². The lowest BCUT2D eigenvalue weighted by molar-refractivity contribution is -0.384. The van der Waals surface area contributed by atoms with Gasteiger partial charge in [0.25, 0.3) is 11.6 Å². The van der Waals surface area contributed by atoms with E-state index in [-0.39, 0.29) is 17.4 Å². The standard InChI is InChI=1S/C21H15BrN2O4S/c22-16-5-1-14(2-6-16)20(25)13-29-19-11-7-17(8-12-19)23-21(26)15-3-9-18(10-4-15)24(27)28/h1-12H,13H2,(H,23,26). The third kappa shape index (κ3) is 5.75. The number of nitrogens with one attached hydrogen (secondary N) is 1. The van der Waals surface area contributed by atoms with E-state index in [9.17, 15) is 19.7 Å². The number of benzene rings is 3. The molecule has 0 aliphatic heterocycles. The Bertz CT molecular complexity index is 1040. The van der Waals surface area contributed by atoms with Crippen LogP contribution >= 0.6 is 27.7 Å². The highest BCUT2D eigenvalue weighted by molar-refractivity contribution is 9.10. The van der Waals surface area contributed by atoms with Crippen LogP contribution in [-0.4, -0.2) is 22.4 Å². The average molecular weight is 471 g/mol. The van der Waals surface area contributed by atoms with Crippen molar-refractivity contribution in [3.63, 3.8) is 0 Å². The number of non-ortho nitro benzene ring substituents is 1. The van der Waals surface area contributed by atoms with Crippen LogP contribution in [0.3, 0.4) is 0 Å². The fraction of sp³-hybridized carbons (Fsp3) is 0.0476. The number of Topliss-reactive ketones (excluding diaryl/α,β-unsaturated/α-hetero) is 1. The van der Waals surface area contributed by atoms with Crippen molar-refractivity contribution in [1.29, 1.82) is 0 Å². The van der Waals surface area contributed by atoms with Crippen LogP contribution in [0, 0.1) is 10.1 Å². The summed E-state index contributed by atoms with van der Waals surface area (Å²) >= 11 is 4.76. The van der Waals surface area contributed by atoms with Gasteiger partial charge in [-0.15, -0.1) is 11.8 Å². The largest absolute Gasteiger partial charge is 0.322 e. The molecule has 146 valence electrons. The lowest BCUT2D eigenvalue weighted by Gasteiger charge is -2.07. The van der Waals surface area contributed by atoms with Gasteiger partial charge in [0.2, 0.25) is 0 Å². The van der Waals surface area contributed by atoms with Crippen LogP contribution in [0.25, 0.3) is 0 Å². The summed E-state index contributed by atoms with van der Waals surface area (Å²) in [6.07, 6.45) is 0. The van der Waals surface area contributed by atoms with Crippen molar-refractivity contribution in [2.75, 3.05) is 11.1 Å². The predicted molar refractivity (Wildman–Crippen MR) is 117 cm³/mol. The molecule has 0 spiro atoms. The monoisotopic (exact) mass is 470 g/mol. The Labute approximate surface area is 179 Å². The van der Waals surface area contributed by atoms with Gasteiger partial charge in [0.15, 0.2) is 5.78 Å². The molecular weight excluding hydrogens is 456 g/mol. The molecule has 0 unspecified atom stereocenters. The first-order valence-corrected chi connectivity index (χ1v) is 10.3. The molecule has 0 atom stereocenters. The quantitative estimate of drug-likeness (QED) is 0.210. The van der Waals surface area contributed by atoms with Crippen molar-refractivity contribution in [3.8, 4) is 0 Å². The molecule has 0 saturated carbocycles. The van der Waals surface area contributed by atoms with Crippen LogP contribution < -0.4 is 5.32 Å². The number of carbonyl (C=O) groups excluding carboxylic acids is 2. The number of carbonyl (C=O) groups is 2. The highest BCUT2D eigenvalue weighted by Crippen LogP contribution is 2.22. The van der Waals surface area contributed by atoms with Crippen molar-refractivity contribution >= 4 is 50.8 Å². The summed E-state index contributed by atoms with van der Waals surface area (Å²) < 4.78 is 0.924. The average Bonchev–Trinajstić information content (AvgIpc) is 2.73. The van der Waals surface area contributed by atoms with E-state index in [1.54, 1.807) is 24.3 Å². The van der Waals surface area contributed by atoms with E-state index in [1.165, 1.54) is 36.0 Å². The normalized spacial score (nSPS) is 10.4. The first-order chi connectivity index (χ1) is 13.9. The van der Waals surface area contributed by atoms with E-state index in [2.05, 4.69) is 21.2 Å². The van der Waals surface area contributed by atoms with Gasteiger partial charge in [-0.1, -0.05) is 28.1 Å². The highest BCUT2D eigenvalue weighted by Gasteiger charge is 2.10. The second-order valence-corrected chi connectivity index (χ2v) is 7.97. The van der Waals surface area contributed by atoms with Gasteiger partial charge in [-0.25, -0.2) is 0 Å². The van der Waals surface area contributed by atoms with Crippen molar-refractivity contribution in [1.82, 2.24) is 0 Å². The maximum absolute atomic E-state index is 12.2. The molecule has 6 nitrogen and oxygen atoms in total. The number of hydrogen-bond donors (Lipinski definition) is 1. The molecule has 0 saturated heterocycles. The van der Waals surface area contributed by atoms with Crippen molar-refractivity contribution < 1.29 is 14.5 Å². The lowest BCUT2D eigenvalue weighted by Crippen LogP contribution is -2.11. The number of rotatable bonds is 7. The number of amides is 1. The maximum Gasteiger partial charge on any atom is 0.269 e. The number of nitro groups is 1. The van der Waals surface area contributed by atoms with E-state index < -0.39 is 4.92 Å². The third-order valence-corrected chi connectivity index (χ3v) is 5.53. The molecule has 3 aromatic rings. The third-order valence-electron chi connectivity index (χ3n) is 3.99. The van der Waals surface area contributed by atoms with Gasteiger partial charge in [-0.2, -0.15) is 0 Å². The van der Waals surface area contributed by atoms with E-state index in [1.807, 2.05) is 24.3 Å². The number of thioether (sulfide) groups is 1. The molecule has 0 aromatic heterocycles. The van der Waals surface area contributed by atoms with Gasteiger partial charge < -0.3 is 5.32 Å². The van der Waals surface area contributed by atoms with Crippen molar-refractivity contribution in [2.45, 2.75) is 4.90 Å². The van der Waals surface area contributed by atoms with E-state index in [4.69, 9.17) is 0 Å². The second-order valence-electron chi connectivity index (χ2n) is 6.00. The van der Waals surface area contributed by atoms with E-state index >= 15 is 0 Å². The van der Waals surface area contributed by atoms with Gasteiger partial charge in [0.05, 0.1) is 10.7 Å². The second kappa shape index (κ2) is 9.49. The fourth-order valence-corrected chi connectivity index (χ4v) is 3.50. The number of ketones is 1. The van der Waals surface area contributed by atoms with Gasteiger partial charge in [-0.3, -0.25) is 19.7 Å². The molecule has 0 fully saturated rings. The summed E-state index contributed by atoms with van der Waals surface area (Å²) in [6.45, 7) is 0. The summed E-state index contributed by atoms with van der Waals surface area (Å²) in [5, 5.41) is 13.4. The molecule has 1 N–H and O–H groups in total. The topological polar surface area (TPSA) is 89.3 Å². The molecule has 8 heteroatoms. The van der Waals surface area contributed by atoms with Gasteiger partial charge in [0, 0.05) is 38.3 Å². The zero-order valence-electron chi connectivity index (χ0n) is 15.0. The number of anilines is 1. The lowest BCUT2D eigenvalue weighted by atomic mass is 10.2. The first-order valence-electron chi connectivity index (χ1n) is 8.50. The van der Waals surface area contributed by atoms with Crippen LogP contribution in [0.4, 0.5) is 11.4 Å². The first kappa shape index (κ1) is 20.8. The number of nitrogens with zero attached hydrogens (tertiary/aromatic N) is 1. The highest BCUT2D eigenvalue weighted by atomic mass is 79.9. The van der Waals surface area contributed by atoms with Gasteiger partial charge in [0.1, 0.15) is 0 Å². The van der Waals surface area contributed by atoms with Crippen molar-refractivity contribution in [3.05, 3.63) is 98.5 Å². The Balaban J connectivity index is 1.55. The minimum absolute atomic E-state index is 0.0399.